The SMILES string of the molecule is CC1=C(CNCCC(=O)O)CCc2cc(OCCCCc3ccccc3)ccc21.Cl. The molecule has 0 unspecified atom stereocenters. The van der Waals surface area contributed by atoms with Crippen molar-refractivity contribution in [3.63, 3.8) is 0 Å². The molecule has 1 aliphatic carbocycles. The fourth-order valence-electron chi connectivity index (χ4n) is 3.82. The molecule has 0 amide bonds. The van der Waals surface area contributed by atoms with E-state index in [4.69, 9.17) is 9.84 Å². The number of ether oxygens (including phenoxy) is 1. The highest BCUT2D eigenvalue weighted by Gasteiger charge is 2.16. The van der Waals surface area contributed by atoms with Gasteiger partial charge in [0.05, 0.1) is 13.0 Å². The Balaban J connectivity index is 0.00000320. The fraction of sp³-hybridized carbons (Fsp3) is 0.400. The van der Waals surface area contributed by atoms with Gasteiger partial charge in [0.2, 0.25) is 0 Å². The van der Waals surface area contributed by atoms with Gasteiger partial charge >= 0.3 is 5.97 Å². The second kappa shape index (κ2) is 12.4. The molecule has 3 rings (SSSR count). The Morgan fingerprint density at radius 1 is 1.10 bits per heavy atom. The van der Waals surface area contributed by atoms with E-state index in [0.29, 0.717) is 6.54 Å². The molecule has 5 heteroatoms. The molecule has 1 aliphatic rings. The normalized spacial score (nSPS) is 12.8. The summed E-state index contributed by atoms with van der Waals surface area (Å²) in [4.78, 5) is 10.6. The summed E-state index contributed by atoms with van der Waals surface area (Å²) in [5.41, 5.74) is 6.71. The summed E-state index contributed by atoms with van der Waals surface area (Å²) in [5, 5.41) is 12.0. The maximum Gasteiger partial charge on any atom is 0.304 e. The Morgan fingerprint density at radius 3 is 2.67 bits per heavy atom. The van der Waals surface area contributed by atoms with Gasteiger partial charge in [-0.05, 0) is 73.4 Å². The highest BCUT2D eigenvalue weighted by molar-refractivity contribution is 5.85. The van der Waals surface area contributed by atoms with Crippen LogP contribution in [0.15, 0.2) is 54.1 Å². The number of carboxylic acids is 1. The van der Waals surface area contributed by atoms with E-state index in [1.165, 1.54) is 27.8 Å². The van der Waals surface area contributed by atoms with Crippen LogP contribution in [0.4, 0.5) is 0 Å². The van der Waals surface area contributed by atoms with Crippen LogP contribution in [0.25, 0.3) is 5.57 Å². The molecule has 0 fully saturated rings. The van der Waals surface area contributed by atoms with Crippen LogP contribution in [-0.4, -0.2) is 30.8 Å². The van der Waals surface area contributed by atoms with Crippen LogP contribution in [0.5, 0.6) is 5.75 Å². The summed E-state index contributed by atoms with van der Waals surface area (Å²) in [6.45, 7) is 4.18. The van der Waals surface area contributed by atoms with Gasteiger partial charge in [0.1, 0.15) is 5.75 Å². The monoisotopic (exact) mass is 429 g/mol. The Bertz CT molecular complexity index is 849. The van der Waals surface area contributed by atoms with E-state index in [-0.39, 0.29) is 18.8 Å². The van der Waals surface area contributed by atoms with Gasteiger partial charge in [-0.2, -0.15) is 0 Å². The molecule has 0 atom stereocenters. The smallest absolute Gasteiger partial charge is 0.304 e. The zero-order valence-corrected chi connectivity index (χ0v) is 18.5. The molecule has 0 aliphatic heterocycles. The molecule has 0 bridgehead atoms. The molecular weight excluding hydrogens is 398 g/mol. The van der Waals surface area contributed by atoms with Crippen LogP contribution in [0.2, 0.25) is 0 Å². The van der Waals surface area contributed by atoms with Crippen molar-refractivity contribution in [2.45, 2.75) is 45.4 Å². The number of aliphatic carboxylic acids is 1. The molecule has 162 valence electrons. The lowest BCUT2D eigenvalue weighted by atomic mass is 9.86. The van der Waals surface area contributed by atoms with Gasteiger partial charge in [0, 0.05) is 13.1 Å². The molecular formula is C25H32ClNO3. The molecule has 4 nitrogen and oxygen atoms in total. The first-order chi connectivity index (χ1) is 14.1. The highest BCUT2D eigenvalue weighted by atomic mass is 35.5. The van der Waals surface area contributed by atoms with Gasteiger partial charge in [0.25, 0.3) is 0 Å². The minimum absolute atomic E-state index is 0. The topological polar surface area (TPSA) is 58.6 Å². The van der Waals surface area contributed by atoms with E-state index in [1.807, 2.05) is 0 Å². The molecule has 0 saturated carbocycles. The van der Waals surface area contributed by atoms with Crippen LogP contribution in [0, 0.1) is 0 Å². The second-order valence-electron chi connectivity index (χ2n) is 7.66. The van der Waals surface area contributed by atoms with E-state index >= 15 is 0 Å². The lowest BCUT2D eigenvalue weighted by molar-refractivity contribution is -0.136. The van der Waals surface area contributed by atoms with E-state index < -0.39 is 5.97 Å². The number of allylic oxidation sites excluding steroid dienone is 1. The molecule has 0 spiro atoms. The number of hydrogen-bond acceptors (Lipinski definition) is 3. The number of nitrogens with one attached hydrogen (secondary N) is 1. The second-order valence-corrected chi connectivity index (χ2v) is 7.66. The first kappa shape index (κ1) is 24.0. The highest BCUT2D eigenvalue weighted by Crippen LogP contribution is 2.33. The third kappa shape index (κ3) is 7.19. The lowest BCUT2D eigenvalue weighted by Gasteiger charge is -2.22. The molecule has 2 N–H and O–H groups in total. The van der Waals surface area contributed by atoms with Gasteiger partial charge < -0.3 is 15.2 Å². The maximum absolute atomic E-state index is 10.6. The summed E-state index contributed by atoms with van der Waals surface area (Å²) >= 11 is 0. The quantitative estimate of drug-likeness (QED) is 0.476. The molecule has 30 heavy (non-hydrogen) atoms. The summed E-state index contributed by atoms with van der Waals surface area (Å²) < 4.78 is 5.99. The summed E-state index contributed by atoms with van der Waals surface area (Å²) in [7, 11) is 0. The fourth-order valence-corrected chi connectivity index (χ4v) is 3.82. The van der Waals surface area contributed by atoms with Crippen molar-refractivity contribution in [2.75, 3.05) is 19.7 Å². The summed E-state index contributed by atoms with van der Waals surface area (Å²) in [6, 6.07) is 17.0. The minimum Gasteiger partial charge on any atom is -0.494 e. The number of fused-ring (bicyclic) bond motifs is 1. The number of carboxylic acid groups (broad SMARTS) is 1. The largest absolute Gasteiger partial charge is 0.494 e. The average Bonchev–Trinajstić information content (AvgIpc) is 2.73. The summed E-state index contributed by atoms with van der Waals surface area (Å²) in [5.74, 6) is 0.198. The predicted octanol–water partition coefficient (Wildman–Crippen LogP) is 5.29. The average molecular weight is 430 g/mol. The zero-order valence-electron chi connectivity index (χ0n) is 17.7. The van der Waals surface area contributed by atoms with Crippen LogP contribution in [0.1, 0.15) is 49.3 Å². The lowest BCUT2D eigenvalue weighted by Crippen LogP contribution is -2.22. The van der Waals surface area contributed by atoms with Gasteiger partial charge in [-0.25, -0.2) is 0 Å². The molecule has 0 radical (unpaired) electrons. The van der Waals surface area contributed by atoms with Crippen LogP contribution in [-0.2, 0) is 17.6 Å². The maximum atomic E-state index is 10.6. The first-order valence-corrected chi connectivity index (χ1v) is 10.5. The first-order valence-electron chi connectivity index (χ1n) is 10.5. The summed E-state index contributed by atoms with van der Waals surface area (Å²) in [6.07, 6.45) is 5.47. The van der Waals surface area contributed by atoms with Gasteiger partial charge in [-0.3, -0.25) is 4.79 Å². The number of hydrogen-bond donors (Lipinski definition) is 2. The van der Waals surface area contributed by atoms with Crippen molar-refractivity contribution in [3.05, 3.63) is 70.8 Å². The van der Waals surface area contributed by atoms with Crippen molar-refractivity contribution in [2.24, 2.45) is 0 Å². The standard InChI is InChI=1S/C25H31NO3.ClH/c1-19-22(18-26-15-14-25(27)28)11-10-21-17-23(12-13-24(19)21)29-16-6-5-9-20-7-3-2-4-8-20;/h2-4,7-8,12-13,17,26H,5-6,9-11,14-16,18H2,1H3,(H,27,28);1H. The van der Waals surface area contributed by atoms with Gasteiger partial charge in [-0.1, -0.05) is 42.0 Å². The van der Waals surface area contributed by atoms with E-state index in [1.54, 1.807) is 0 Å². The Hall–Kier alpha value is -2.30. The predicted molar refractivity (Wildman–Crippen MR) is 125 cm³/mol. The zero-order chi connectivity index (χ0) is 20.5. The van der Waals surface area contributed by atoms with Crippen LogP contribution >= 0.6 is 12.4 Å². The number of aryl methyl sites for hydroxylation is 2. The van der Waals surface area contributed by atoms with Crippen molar-refractivity contribution in [3.8, 4) is 5.75 Å². The van der Waals surface area contributed by atoms with Crippen LogP contribution in [0.3, 0.4) is 0 Å². The number of rotatable bonds is 11. The molecule has 2 aromatic rings. The number of unbranched alkanes of at least 4 members (excludes halogenated alkanes) is 1. The van der Waals surface area contributed by atoms with Crippen LogP contribution < -0.4 is 10.1 Å². The minimum atomic E-state index is -0.759. The Kier molecular flexibility index (Phi) is 9.92. The van der Waals surface area contributed by atoms with Gasteiger partial charge in [-0.15, -0.1) is 12.4 Å². The third-order valence-corrected chi connectivity index (χ3v) is 5.53. The van der Waals surface area contributed by atoms with E-state index in [2.05, 4.69) is 60.8 Å². The molecule has 0 saturated heterocycles. The van der Waals surface area contributed by atoms with Crippen molar-refractivity contribution in [1.29, 1.82) is 0 Å². The molecule has 0 aromatic heterocycles. The number of halogens is 1. The van der Waals surface area contributed by atoms with E-state index in [0.717, 1.165) is 51.0 Å². The molecule has 0 heterocycles. The van der Waals surface area contributed by atoms with E-state index in [9.17, 15) is 4.79 Å². The van der Waals surface area contributed by atoms with Gasteiger partial charge in [0.15, 0.2) is 0 Å². The number of benzene rings is 2. The van der Waals surface area contributed by atoms with Crippen molar-refractivity contribution >= 4 is 23.9 Å². The van der Waals surface area contributed by atoms with Crippen molar-refractivity contribution in [1.82, 2.24) is 5.32 Å². The van der Waals surface area contributed by atoms with Crippen molar-refractivity contribution < 1.29 is 14.6 Å². The Labute approximate surface area is 185 Å². The third-order valence-electron chi connectivity index (χ3n) is 5.53. The molecule has 2 aromatic carbocycles. The number of carbonyl (C=O) groups is 1. The Morgan fingerprint density at radius 2 is 1.90 bits per heavy atom.